The fraction of sp³-hybridized carbons (Fsp3) is 0.667. The molecule has 2 saturated carbocycles. The van der Waals surface area contributed by atoms with Crippen LogP contribution in [0.2, 0.25) is 0 Å². The van der Waals surface area contributed by atoms with Gasteiger partial charge in [0.05, 0.1) is 18.3 Å². The van der Waals surface area contributed by atoms with Crippen LogP contribution < -0.4 is 21.3 Å². The van der Waals surface area contributed by atoms with Gasteiger partial charge < -0.3 is 45.5 Å². The van der Waals surface area contributed by atoms with Crippen molar-refractivity contribution in [3.63, 3.8) is 0 Å². The molecule has 6 N–H and O–H groups in total. The molecule has 70 heavy (non-hydrogen) atoms. The van der Waals surface area contributed by atoms with Gasteiger partial charge in [0.25, 0.3) is 11.8 Å². The van der Waals surface area contributed by atoms with E-state index in [0.29, 0.717) is 61.5 Å². The van der Waals surface area contributed by atoms with Crippen molar-refractivity contribution in [2.45, 2.75) is 127 Å². The lowest BCUT2D eigenvalue weighted by Gasteiger charge is -2.62. The van der Waals surface area contributed by atoms with Crippen molar-refractivity contribution in [3.05, 3.63) is 53.0 Å². The molecule has 386 valence electrons. The van der Waals surface area contributed by atoms with Crippen LogP contribution in [0.25, 0.3) is 0 Å². The zero-order chi connectivity index (χ0) is 50.5. The summed E-state index contributed by atoms with van der Waals surface area (Å²) in [6.07, 6.45) is 17.3. The van der Waals surface area contributed by atoms with Gasteiger partial charge in [0.2, 0.25) is 11.8 Å². The molecule has 0 radical (unpaired) electrons. The zero-order valence-corrected chi connectivity index (χ0v) is 41.7. The molecule has 7 aliphatic rings. The third-order valence-corrected chi connectivity index (χ3v) is 15.9. The van der Waals surface area contributed by atoms with Crippen LogP contribution in [0.3, 0.4) is 0 Å². The number of amidine groups is 1. The monoisotopic (exact) mass is 977 g/mol. The molecule has 5 aliphatic heterocycles. The van der Waals surface area contributed by atoms with Crippen LogP contribution >= 0.6 is 0 Å². The van der Waals surface area contributed by atoms with Crippen LogP contribution in [0, 0.1) is 23.1 Å². The topological polar surface area (TPSA) is 226 Å². The lowest BCUT2D eigenvalue weighted by atomic mass is 9.59. The Bertz CT molecular complexity index is 2080. The molecule has 5 heterocycles. The number of likely N-dealkylation sites (tertiary alicyclic amines) is 3. The minimum absolute atomic E-state index is 0.0288. The maximum atomic E-state index is 15.7. The number of amides is 4. The summed E-state index contributed by atoms with van der Waals surface area (Å²) in [6.45, 7) is 13.0. The molecule has 4 amide bonds. The van der Waals surface area contributed by atoms with E-state index in [2.05, 4.69) is 44.8 Å². The number of rotatable bonds is 15. The number of carbonyl (C=O) groups is 5. The van der Waals surface area contributed by atoms with E-state index in [1.54, 1.807) is 18.3 Å². The number of methoxy groups -OCH3 is 1. The fourth-order valence-electron chi connectivity index (χ4n) is 12.1. The summed E-state index contributed by atoms with van der Waals surface area (Å²) in [5.41, 5.74) is 6.53. The van der Waals surface area contributed by atoms with Crippen molar-refractivity contribution < 1.29 is 43.6 Å². The highest BCUT2D eigenvalue weighted by molar-refractivity contribution is 6.15. The normalized spacial score (nSPS) is 25.1. The number of nitrogens with two attached hydrogens (primary N) is 1. The quantitative estimate of drug-likeness (QED) is 0.0726. The zero-order valence-electron chi connectivity index (χ0n) is 41.7. The Morgan fingerprint density at radius 1 is 0.957 bits per heavy atom. The number of likely N-dealkylation sites (N-methyl/N-ethyl adjacent to an activating group) is 1. The van der Waals surface area contributed by atoms with Crippen LogP contribution in [0.4, 0.5) is 10.1 Å². The smallest absolute Gasteiger partial charge is 0.252 e. The van der Waals surface area contributed by atoms with Crippen molar-refractivity contribution in [1.29, 1.82) is 0 Å². The second-order valence-electron chi connectivity index (χ2n) is 20.1. The molecule has 19 heteroatoms. The van der Waals surface area contributed by atoms with Gasteiger partial charge in [0.15, 0.2) is 0 Å². The molecule has 18 nitrogen and oxygen atoms in total. The van der Waals surface area contributed by atoms with Crippen LogP contribution in [-0.4, -0.2) is 176 Å². The Hall–Kier alpha value is -4.92. The van der Waals surface area contributed by atoms with E-state index in [9.17, 15) is 24.0 Å². The van der Waals surface area contributed by atoms with Crippen LogP contribution in [0.15, 0.2) is 46.0 Å². The number of nitrogens with one attached hydrogen (secondary N) is 2. The van der Waals surface area contributed by atoms with E-state index < -0.39 is 23.7 Å². The minimum Gasteiger partial charge on any atom is -0.380 e. The number of ether oxygens (including phenoxy) is 1. The van der Waals surface area contributed by atoms with E-state index in [4.69, 9.17) is 20.2 Å². The van der Waals surface area contributed by atoms with E-state index >= 15 is 4.39 Å². The van der Waals surface area contributed by atoms with Crippen molar-refractivity contribution >= 4 is 48.2 Å². The standard InChI is InChI=1S/C50H70FN9O6.CH5N.H2O2/c1-33-7-5-9-43(33)60-45(62)11-10-35(29-52-2)46(60)54-37-14-20-56(21-15-37)38-16-22-57(23-17-38)39-27-50(28-39)31-59(32-50)49(65)34-12-18-58(19-13-34)44-25-36(30-66-4)40(26-41(44)51)47(63)55-42(8-6-24-61)48(64)53-3;2*1-2/h10-11,24-26,29,33-34,37-39,42-43H,2,5-9,12-23,27-28,30-32H2,1,3-4H3,(H,53,64)(H,55,63);2H2,1H3;1-2H/b35-29-,54-46?;;. The Balaban J connectivity index is 0.00000196. The Morgan fingerprint density at radius 3 is 2.21 bits per heavy atom. The van der Waals surface area contributed by atoms with Crippen molar-refractivity contribution in [3.8, 4) is 0 Å². The van der Waals surface area contributed by atoms with Crippen LogP contribution in [0.1, 0.15) is 106 Å². The van der Waals surface area contributed by atoms with Gasteiger partial charge in [-0.2, -0.15) is 0 Å². The van der Waals surface area contributed by atoms with Crippen molar-refractivity contribution in [2.24, 2.45) is 33.0 Å². The number of aliphatic imine (C=N–C) groups is 2. The van der Waals surface area contributed by atoms with E-state index in [1.807, 2.05) is 20.8 Å². The van der Waals surface area contributed by atoms with Gasteiger partial charge in [-0.05, 0) is 127 Å². The number of piperidine rings is 3. The summed E-state index contributed by atoms with van der Waals surface area (Å²) in [7, 11) is 4.45. The average molecular weight is 977 g/mol. The number of halogens is 1. The first-order chi connectivity index (χ1) is 33.9. The first-order valence-electron chi connectivity index (χ1n) is 25.3. The van der Waals surface area contributed by atoms with Gasteiger partial charge >= 0.3 is 0 Å². The molecule has 3 atom stereocenters. The summed E-state index contributed by atoms with van der Waals surface area (Å²) in [4.78, 5) is 84.1. The van der Waals surface area contributed by atoms with Crippen molar-refractivity contribution in [1.82, 2.24) is 30.2 Å². The number of hydrogen-bond acceptors (Lipinski definition) is 14. The molecule has 2 aliphatic carbocycles. The lowest BCUT2D eigenvalue weighted by Crippen LogP contribution is -2.69. The van der Waals surface area contributed by atoms with Crippen LogP contribution in [0.5, 0.6) is 0 Å². The van der Waals surface area contributed by atoms with Crippen molar-refractivity contribution in [2.75, 3.05) is 78.5 Å². The molecule has 1 aromatic carbocycles. The van der Waals surface area contributed by atoms with Gasteiger partial charge in [-0.25, -0.2) is 4.39 Å². The molecule has 3 unspecified atom stereocenters. The summed E-state index contributed by atoms with van der Waals surface area (Å²) in [5, 5.41) is 17.1. The molecule has 1 spiro atoms. The van der Waals surface area contributed by atoms with Gasteiger partial charge in [-0.15, -0.1) is 0 Å². The van der Waals surface area contributed by atoms with Gasteiger partial charge in [0.1, 0.15) is 24.0 Å². The largest absolute Gasteiger partial charge is 0.380 e. The first-order valence-corrected chi connectivity index (χ1v) is 25.3. The fourth-order valence-corrected chi connectivity index (χ4v) is 12.1. The molecule has 0 aromatic heterocycles. The summed E-state index contributed by atoms with van der Waals surface area (Å²) in [5.74, 6) is -0.245. The number of anilines is 1. The predicted molar refractivity (Wildman–Crippen MR) is 267 cm³/mol. The van der Waals surface area contributed by atoms with Gasteiger partial charge in [-0.1, -0.05) is 13.3 Å². The van der Waals surface area contributed by atoms with Crippen LogP contribution in [-0.2, 0) is 30.5 Å². The molecular formula is C51H77FN10O8. The van der Waals surface area contributed by atoms with Gasteiger partial charge in [-0.3, -0.25) is 44.6 Å². The minimum atomic E-state index is -0.938. The number of nitrogens with zero attached hydrogens (tertiary/aromatic N) is 7. The molecule has 1 aromatic rings. The Kier molecular flexibility index (Phi) is 19.8. The Labute approximate surface area is 412 Å². The Morgan fingerprint density at radius 2 is 1.61 bits per heavy atom. The third kappa shape index (κ3) is 12.4. The highest BCUT2D eigenvalue weighted by atomic mass is 19.1. The SMILES string of the molecule is C=N/C=C1/C=CC(=O)N(C2CCCC2C)C1=NC1CCN(C2CCN(C3CC4(C3)CN(C(=O)C3CCN(c5cc(COC)c(C(=O)NC(CCC=O)C(=O)NC)cc5F)CC3)C4)CC2)CC1.CN.OO. The van der Waals surface area contributed by atoms with E-state index in [1.165, 1.54) is 40.1 Å². The second kappa shape index (κ2) is 25.5. The summed E-state index contributed by atoms with van der Waals surface area (Å²) in [6, 6.07) is 3.42. The lowest BCUT2D eigenvalue weighted by molar-refractivity contribution is -0.176. The average Bonchev–Trinajstić information content (AvgIpc) is 3.79. The number of benzene rings is 1. The molecule has 6 fully saturated rings. The number of aldehydes is 1. The molecular weight excluding hydrogens is 900 g/mol. The predicted octanol–water partition coefficient (Wildman–Crippen LogP) is 4.09. The summed E-state index contributed by atoms with van der Waals surface area (Å²) < 4.78 is 21.1. The maximum absolute atomic E-state index is 15.7. The highest BCUT2D eigenvalue weighted by Crippen LogP contribution is 2.51. The maximum Gasteiger partial charge on any atom is 0.252 e. The number of hydrogen-bond donors (Lipinski definition) is 5. The van der Waals surface area contributed by atoms with Gasteiger partial charge in [0, 0.05) is 113 Å². The molecule has 0 bridgehead atoms. The first kappa shape index (κ1) is 54.4. The molecule has 8 rings (SSSR count). The van der Waals surface area contributed by atoms with E-state index in [-0.39, 0.29) is 60.2 Å². The number of carbonyl (C=O) groups excluding carboxylic acids is 5. The highest BCUT2D eigenvalue weighted by Gasteiger charge is 2.56. The van der Waals surface area contributed by atoms with E-state index in [0.717, 1.165) is 95.6 Å². The summed E-state index contributed by atoms with van der Waals surface area (Å²) >= 11 is 0. The third-order valence-electron chi connectivity index (χ3n) is 15.9. The second-order valence-corrected chi connectivity index (χ2v) is 20.1. The molecule has 4 saturated heterocycles.